The maximum absolute atomic E-state index is 9.28. The number of thioether (sulfide) groups is 1. The average molecular weight is 356 g/mol. The number of hydrogen-bond acceptors (Lipinski definition) is 7. The molecule has 0 unspecified atom stereocenters. The Morgan fingerprint density at radius 2 is 2.21 bits per heavy atom. The third-order valence-corrected chi connectivity index (χ3v) is 5.33. The Hall–Kier alpha value is -2.17. The standard InChI is InChI=1S/C17H16N4OS2/c1-11-9-12(2)19-17(13(11)10-18)24-8-4-6-15-20-16(21-22-15)14-5-3-7-23-14/h3,5,7,9H,4,6,8H2,1-2H3. The van der Waals surface area contributed by atoms with Crippen LogP contribution in [-0.4, -0.2) is 20.9 Å². The number of rotatable bonds is 6. The zero-order chi connectivity index (χ0) is 16.9. The lowest BCUT2D eigenvalue weighted by atomic mass is 10.1. The number of aryl methyl sites for hydroxylation is 3. The first kappa shape index (κ1) is 16.7. The highest BCUT2D eigenvalue weighted by Gasteiger charge is 2.11. The molecule has 0 spiro atoms. The Morgan fingerprint density at radius 3 is 2.96 bits per heavy atom. The molecule has 3 aromatic heterocycles. The molecule has 0 radical (unpaired) electrons. The van der Waals surface area contributed by atoms with E-state index in [2.05, 4.69) is 21.2 Å². The highest BCUT2D eigenvalue weighted by Crippen LogP contribution is 2.25. The van der Waals surface area contributed by atoms with Gasteiger partial charge in [-0.25, -0.2) is 4.98 Å². The van der Waals surface area contributed by atoms with Gasteiger partial charge in [-0.2, -0.15) is 10.2 Å². The lowest BCUT2D eigenvalue weighted by molar-refractivity contribution is 0.378. The summed E-state index contributed by atoms with van der Waals surface area (Å²) in [4.78, 5) is 9.90. The van der Waals surface area contributed by atoms with Gasteiger partial charge in [-0.15, -0.1) is 23.1 Å². The van der Waals surface area contributed by atoms with Crippen LogP contribution in [-0.2, 0) is 6.42 Å². The Balaban J connectivity index is 1.56. The van der Waals surface area contributed by atoms with Gasteiger partial charge in [0, 0.05) is 17.9 Å². The maximum atomic E-state index is 9.28. The summed E-state index contributed by atoms with van der Waals surface area (Å²) in [5.41, 5.74) is 2.58. The van der Waals surface area contributed by atoms with Gasteiger partial charge in [0.15, 0.2) is 0 Å². The summed E-state index contributed by atoms with van der Waals surface area (Å²) in [5, 5.41) is 16.1. The van der Waals surface area contributed by atoms with Gasteiger partial charge >= 0.3 is 0 Å². The lowest BCUT2D eigenvalue weighted by Gasteiger charge is -2.06. The molecule has 0 atom stereocenters. The van der Waals surface area contributed by atoms with Gasteiger partial charge in [-0.3, -0.25) is 0 Å². The second kappa shape index (κ2) is 7.60. The summed E-state index contributed by atoms with van der Waals surface area (Å²) in [6, 6.07) is 8.13. The van der Waals surface area contributed by atoms with E-state index in [1.54, 1.807) is 23.1 Å². The Morgan fingerprint density at radius 1 is 1.33 bits per heavy atom. The highest BCUT2D eigenvalue weighted by atomic mass is 32.2. The molecule has 0 aromatic carbocycles. The molecule has 0 aliphatic carbocycles. The molecule has 0 amide bonds. The van der Waals surface area contributed by atoms with Crippen molar-refractivity contribution in [2.45, 2.75) is 31.7 Å². The normalized spacial score (nSPS) is 10.7. The maximum Gasteiger partial charge on any atom is 0.227 e. The van der Waals surface area contributed by atoms with Crippen molar-refractivity contribution in [2.24, 2.45) is 0 Å². The third kappa shape index (κ3) is 3.83. The second-order valence-corrected chi connectivity index (χ2v) is 7.34. The molecule has 0 saturated heterocycles. The minimum Gasteiger partial charge on any atom is -0.339 e. The van der Waals surface area contributed by atoms with Crippen LogP contribution in [0.1, 0.15) is 29.1 Å². The zero-order valence-corrected chi connectivity index (χ0v) is 15.1. The number of hydrogen-bond donors (Lipinski definition) is 0. The SMILES string of the molecule is Cc1cc(C)c(C#N)c(SCCCc2nc(-c3cccs3)no2)n1. The van der Waals surface area contributed by atoms with Crippen molar-refractivity contribution in [1.29, 1.82) is 5.26 Å². The molecule has 3 heterocycles. The molecule has 24 heavy (non-hydrogen) atoms. The Labute approximate surface area is 148 Å². The van der Waals surface area contributed by atoms with Gasteiger partial charge in [0.05, 0.1) is 10.4 Å². The van der Waals surface area contributed by atoms with Crippen molar-refractivity contribution < 1.29 is 4.52 Å². The van der Waals surface area contributed by atoms with Crippen LogP contribution in [0.4, 0.5) is 0 Å². The predicted molar refractivity (Wildman–Crippen MR) is 95.1 cm³/mol. The summed E-state index contributed by atoms with van der Waals surface area (Å²) in [5.74, 6) is 2.14. The van der Waals surface area contributed by atoms with Gasteiger partial charge in [-0.05, 0) is 43.3 Å². The van der Waals surface area contributed by atoms with Crippen LogP contribution in [0.2, 0.25) is 0 Å². The summed E-state index contributed by atoms with van der Waals surface area (Å²) < 4.78 is 5.29. The molecule has 7 heteroatoms. The zero-order valence-electron chi connectivity index (χ0n) is 13.4. The molecule has 0 fully saturated rings. The topological polar surface area (TPSA) is 75.6 Å². The predicted octanol–water partition coefficient (Wildman–Crippen LogP) is 4.41. The summed E-state index contributed by atoms with van der Waals surface area (Å²) in [7, 11) is 0. The molecule has 0 saturated carbocycles. The van der Waals surface area contributed by atoms with E-state index in [1.165, 1.54) is 0 Å². The van der Waals surface area contributed by atoms with E-state index in [4.69, 9.17) is 4.52 Å². The van der Waals surface area contributed by atoms with E-state index in [0.29, 0.717) is 17.3 Å². The third-order valence-electron chi connectivity index (χ3n) is 3.41. The first-order valence-corrected chi connectivity index (χ1v) is 9.41. The van der Waals surface area contributed by atoms with Crippen LogP contribution in [0, 0.1) is 25.2 Å². The molecule has 122 valence electrons. The van der Waals surface area contributed by atoms with Crippen molar-refractivity contribution in [2.75, 3.05) is 5.75 Å². The molecule has 0 aliphatic rings. The smallest absolute Gasteiger partial charge is 0.227 e. The number of thiophene rings is 1. The van der Waals surface area contributed by atoms with Crippen LogP contribution in [0.5, 0.6) is 0 Å². The Kier molecular flexibility index (Phi) is 5.28. The highest BCUT2D eigenvalue weighted by molar-refractivity contribution is 7.99. The first-order chi connectivity index (χ1) is 11.7. The van der Waals surface area contributed by atoms with E-state index in [9.17, 15) is 5.26 Å². The lowest BCUT2D eigenvalue weighted by Crippen LogP contribution is -1.96. The first-order valence-electron chi connectivity index (χ1n) is 7.55. The van der Waals surface area contributed by atoms with E-state index in [1.807, 2.05) is 37.4 Å². The van der Waals surface area contributed by atoms with Gasteiger partial charge in [0.1, 0.15) is 11.1 Å². The number of pyridine rings is 1. The van der Waals surface area contributed by atoms with E-state index < -0.39 is 0 Å². The van der Waals surface area contributed by atoms with E-state index in [0.717, 1.165) is 39.8 Å². The van der Waals surface area contributed by atoms with E-state index in [-0.39, 0.29) is 0 Å². The molecule has 0 bridgehead atoms. The van der Waals surface area contributed by atoms with Gasteiger partial charge in [0.2, 0.25) is 11.7 Å². The van der Waals surface area contributed by atoms with Crippen molar-refractivity contribution in [3.63, 3.8) is 0 Å². The molecule has 5 nitrogen and oxygen atoms in total. The van der Waals surface area contributed by atoms with Crippen molar-refractivity contribution >= 4 is 23.1 Å². The van der Waals surface area contributed by atoms with Crippen LogP contribution in [0.25, 0.3) is 10.7 Å². The fraction of sp³-hybridized carbons (Fsp3) is 0.294. The number of nitrogens with zero attached hydrogens (tertiary/aromatic N) is 4. The van der Waals surface area contributed by atoms with Crippen LogP contribution in [0.15, 0.2) is 33.1 Å². The monoisotopic (exact) mass is 356 g/mol. The van der Waals surface area contributed by atoms with Crippen molar-refractivity contribution in [1.82, 2.24) is 15.1 Å². The Bertz CT molecular complexity index is 865. The molecular weight excluding hydrogens is 340 g/mol. The summed E-state index contributed by atoms with van der Waals surface area (Å²) in [6.07, 6.45) is 1.61. The fourth-order valence-corrected chi connectivity index (χ4v) is 3.99. The molecular formula is C17H16N4OS2. The molecule has 3 rings (SSSR count). The van der Waals surface area contributed by atoms with Gasteiger partial charge < -0.3 is 4.52 Å². The van der Waals surface area contributed by atoms with Crippen LogP contribution < -0.4 is 0 Å². The van der Waals surface area contributed by atoms with E-state index >= 15 is 0 Å². The molecule has 0 aliphatic heterocycles. The van der Waals surface area contributed by atoms with Crippen LogP contribution in [0.3, 0.4) is 0 Å². The van der Waals surface area contributed by atoms with Crippen molar-refractivity contribution in [3.05, 3.63) is 46.3 Å². The van der Waals surface area contributed by atoms with Crippen LogP contribution >= 0.6 is 23.1 Å². The van der Waals surface area contributed by atoms with Crippen molar-refractivity contribution in [3.8, 4) is 16.8 Å². The van der Waals surface area contributed by atoms with Gasteiger partial charge in [0.25, 0.3) is 0 Å². The summed E-state index contributed by atoms with van der Waals surface area (Å²) in [6.45, 7) is 3.89. The fourth-order valence-electron chi connectivity index (χ4n) is 2.30. The minimum atomic E-state index is 0.646. The molecule has 0 N–H and O–H groups in total. The number of aromatic nitrogens is 3. The van der Waals surface area contributed by atoms with Gasteiger partial charge in [-0.1, -0.05) is 11.2 Å². The molecule has 3 aromatic rings. The second-order valence-electron chi connectivity index (χ2n) is 5.31. The average Bonchev–Trinajstić information content (AvgIpc) is 3.22. The quantitative estimate of drug-likeness (QED) is 0.481. The largest absolute Gasteiger partial charge is 0.339 e. The minimum absolute atomic E-state index is 0.646. The number of nitriles is 1. The summed E-state index contributed by atoms with van der Waals surface area (Å²) >= 11 is 3.20.